The number of carbonyl (C=O) groups excluding carboxylic acids is 4. The molecule has 30 heavy (non-hydrogen) atoms. The van der Waals surface area contributed by atoms with Gasteiger partial charge in [-0.05, 0) is 60.2 Å². The highest BCUT2D eigenvalue weighted by Gasteiger charge is 2.59. The number of imide groups is 1. The van der Waals surface area contributed by atoms with Crippen molar-refractivity contribution >= 4 is 35.1 Å². The minimum Gasteiger partial charge on any atom is -0.545 e. The fourth-order valence-electron chi connectivity index (χ4n) is 4.81. The van der Waals surface area contributed by atoms with Crippen molar-refractivity contribution in [3.8, 4) is 0 Å². The number of aromatic carboxylic acids is 1. The molecule has 3 aliphatic rings. The van der Waals surface area contributed by atoms with E-state index in [2.05, 4.69) is 5.32 Å². The van der Waals surface area contributed by atoms with E-state index in [1.807, 2.05) is 12.2 Å². The van der Waals surface area contributed by atoms with E-state index in [4.69, 9.17) is 0 Å². The van der Waals surface area contributed by atoms with E-state index in [1.54, 1.807) is 24.3 Å². The molecule has 1 heterocycles. The number of rotatable bonds is 4. The second kappa shape index (κ2) is 6.66. The highest BCUT2D eigenvalue weighted by atomic mass is 16.4. The van der Waals surface area contributed by atoms with Crippen LogP contribution in [0, 0.1) is 23.7 Å². The van der Waals surface area contributed by atoms with Crippen LogP contribution in [0.15, 0.2) is 60.7 Å². The monoisotopic (exact) mass is 401 g/mol. The smallest absolute Gasteiger partial charge is 0.255 e. The van der Waals surface area contributed by atoms with Crippen LogP contribution in [0.3, 0.4) is 0 Å². The number of hydrogen-bond donors (Lipinski definition) is 1. The molecule has 4 atom stereocenters. The van der Waals surface area contributed by atoms with E-state index < -0.39 is 5.97 Å². The van der Waals surface area contributed by atoms with Crippen molar-refractivity contribution in [3.05, 3.63) is 71.8 Å². The summed E-state index contributed by atoms with van der Waals surface area (Å²) in [6.45, 7) is 0. The maximum atomic E-state index is 12.9. The van der Waals surface area contributed by atoms with E-state index in [9.17, 15) is 24.3 Å². The summed E-state index contributed by atoms with van der Waals surface area (Å²) >= 11 is 0. The first-order valence-electron chi connectivity index (χ1n) is 9.73. The number of carbonyl (C=O) groups is 4. The first-order valence-corrected chi connectivity index (χ1v) is 9.73. The molecule has 7 heteroatoms. The molecule has 3 amide bonds. The molecule has 1 saturated carbocycles. The summed E-state index contributed by atoms with van der Waals surface area (Å²) in [7, 11) is 0. The largest absolute Gasteiger partial charge is 0.545 e. The first-order chi connectivity index (χ1) is 14.4. The molecule has 150 valence electrons. The molecule has 1 N–H and O–H groups in total. The van der Waals surface area contributed by atoms with Crippen molar-refractivity contribution in [2.75, 3.05) is 10.2 Å². The van der Waals surface area contributed by atoms with Crippen LogP contribution in [0.2, 0.25) is 0 Å². The molecule has 2 bridgehead atoms. The number of hydrogen-bond acceptors (Lipinski definition) is 5. The molecule has 2 fully saturated rings. The predicted octanol–water partition coefficient (Wildman–Crippen LogP) is 1.61. The average Bonchev–Trinajstić information content (AvgIpc) is 3.42. The molecule has 0 spiro atoms. The Labute approximate surface area is 172 Å². The van der Waals surface area contributed by atoms with Crippen molar-refractivity contribution < 1.29 is 24.3 Å². The number of nitrogens with zero attached hydrogens (tertiary/aromatic N) is 1. The molecule has 5 rings (SSSR count). The standard InChI is InChI=1S/C23H18N2O5/c26-20(24-16-7-3-13(4-8-16)23(29)30)12-5-9-17(10-6-12)25-21(27)18-14-1-2-15(11-14)19(18)22(25)28/h1-10,14-15,18-19H,11H2,(H,24,26)(H,29,30)/p-1/t14-,15-,18-,19+/m1/s1. The minimum absolute atomic E-state index is 0.0192. The van der Waals surface area contributed by atoms with Crippen LogP contribution >= 0.6 is 0 Å². The highest BCUT2D eigenvalue weighted by molar-refractivity contribution is 6.23. The minimum atomic E-state index is -1.29. The Balaban J connectivity index is 1.31. The summed E-state index contributed by atoms with van der Waals surface area (Å²) in [5, 5.41) is 13.5. The first kappa shape index (κ1) is 18.3. The van der Waals surface area contributed by atoms with Gasteiger partial charge in [-0.25, -0.2) is 0 Å². The lowest BCUT2D eigenvalue weighted by atomic mass is 9.85. The van der Waals surface area contributed by atoms with Crippen molar-refractivity contribution in [3.63, 3.8) is 0 Å². The molecule has 7 nitrogen and oxygen atoms in total. The molecule has 0 radical (unpaired) electrons. The zero-order chi connectivity index (χ0) is 21.0. The average molecular weight is 401 g/mol. The lowest BCUT2D eigenvalue weighted by Crippen LogP contribution is -2.32. The van der Waals surface area contributed by atoms with Crippen LogP contribution in [-0.2, 0) is 9.59 Å². The van der Waals surface area contributed by atoms with E-state index in [0.29, 0.717) is 16.9 Å². The fourth-order valence-corrected chi connectivity index (χ4v) is 4.81. The molecule has 2 aromatic carbocycles. The molecular formula is C23H17N2O5-. The Morgan fingerprint density at radius 1 is 0.833 bits per heavy atom. The van der Waals surface area contributed by atoms with Gasteiger partial charge in [-0.1, -0.05) is 24.3 Å². The second-order valence-corrected chi connectivity index (χ2v) is 7.88. The molecule has 2 aliphatic carbocycles. The maximum absolute atomic E-state index is 12.9. The van der Waals surface area contributed by atoms with Gasteiger partial charge < -0.3 is 15.2 Å². The van der Waals surface area contributed by atoms with Gasteiger partial charge in [0.25, 0.3) is 5.91 Å². The molecule has 0 unspecified atom stereocenters. The number of benzene rings is 2. The van der Waals surface area contributed by atoms with Gasteiger partial charge in [0.15, 0.2) is 0 Å². The summed E-state index contributed by atoms with van der Waals surface area (Å²) in [5.74, 6) is -2.23. The zero-order valence-electron chi connectivity index (χ0n) is 15.8. The van der Waals surface area contributed by atoms with Crippen molar-refractivity contribution in [1.29, 1.82) is 0 Å². The van der Waals surface area contributed by atoms with Crippen LogP contribution in [0.4, 0.5) is 11.4 Å². The SMILES string of the molecule is O=C([O-])c1ccc(NC(=O)c2ccc(N3C(=O)[C@@H]4[C@H](C3=O)[C@@H]3C=C[C@@H]4C3)cc2)cc1. The van der Waals surface area contributed by atoms with Crippen LogP contribution < -0.4 is 15.3 Å². The van der Waals surface area contributed by atoms with Gasteiger partial charge in [0.05, 0.1) is 23.5 Å². The van der Waals surface area contributed by atoms with Gasteiger partial charge in [-0.2, -0.15) is 0 Å². The van der Waals surface area contributed by atoms with E-state index >= 15 is 0 Å². The Morgan fingerprint density at radius 2 is 1.37 bits per heavy atom. The summed E-state index contributed by atoms with van der Waals surface area (Å²) in [6.07, 6.45) is 4.98. The lowest BCUT2D eigenvalue weighted by molar-refractivity contribution is -0.255. The number of nitrogens with one attached hydrogen (secondary N) is 1. The Bertz CT molecular complexity index is 1070. The van der Waals surface area contributed by atoms with E-state index in [1.165, 1.54) is 29.2 Å². The van der Waals surface area contributed by atoms with E-state index in [0.717, 1.165) is 6.42 Å². The number of carboxylic acids is 1. The van der Waals surface area contributed by atoms with Gasteiger partial charge in [-0.3, -0.25) is 19.3 Å². The number of allylic oxidation sites excluding steroid dienone is 2. The normalized spacial score (nSPS) is 26.2. The predicted molar refractivity (Wildman–Crippen MR) is 105 cm³/mol. The van der Waals surface area contributed by atoms with Crippen LogP contribution in [0.5, 0.6) is 0 Å². The molecular weight excluding hydrogens is 384 g/mol. The second-order valence-electron chi connectivity index (χ2n) is 7.88. The number of anilines is 2. The Kier molecular flexibility index (Phi) is 4.06. The molecule has 1 aliphatic heterocycles. The summed E-state index contributed by atoms with van der Waals surface area (Å²) in [5.41, 5.74) is 1.28. The summed E-state index contributed by atoms with van der Waals surface area (Å²) in [4.78, 5) is 50.2. The summed E-state index contributed by atoms with van der Waals surface area (Å²) < 4.78 is 0. The zero-order valence-corrected chi connectivity index (χ0v) is 15.8. The topological polar surface area (TPSA) is 107 Å². The molecule has 1 saturated heterocycles. The Morgan fingerprint density at radius 3 is 1.90 bits per heavy atom. The van der Waals surface area contributed by atoms with Gasteiger partial charge in [0.2, 0.25) is 11.8 Å². The number of fused-ring (bicyclic) bond motifs is 5. The van der Waals surface area contributed by atoms with Gasteiger partial charge in [0, 0.05) is 11.3 Å². The fraction of sp³-hybridized carbons (Fsp3) is 0.217. The number of amides is 3. The third-order valence-electron chi connectivity index (χ3n) is 6.24. The van der Waals surface area contributed by atoms with Crippen LogP contribution in [0.1, 0.15) is 27.1 Å². The molecule has 0 aromatic heterocycles. The Hall–Kier alpha value is -3.74. The maximum Gasteiger partial charge on any atom is 0.255 e. The van der Waals surface area contributed by atoms with Gasteiger partial charge in [0.1, 0.15) is 0 Å². The van der Waals surface area contributed by atoms with Crippen molar-refractivity contribution in [2.24, 2.45) is 23.7 Å². The third kappa shape index (κ3) is 2.74. The quantitative estimate of drug-likeness (QED) is 0.619. The lowest BCUT2D eigenvalue weighted by Gasteiger charge is -2.17. The van der Waals surface area contributed by atoms with Gasteiger partial charge in [-0.15, -0.1) is 0 Å². The van der Waals surface area contributed by atoms with Crippen LogP contribution in [0.25, 0.3) is 0 Å². The summed E-state index contributed by atoms with van der Waals surface area (Å²) in [6, 6.07) is 11.9. The van der Waals surface area contributed by atoms with Crippen LogP contribution in [-0.4, -0.2) is 23.7 Å². The van der Waals surface area contributed by atoms with Gasteiger partial charge >= 0.3 is 0 Å². The van der Waals surface area contributed by atoms with Crippen molar-refractivity contribution in [2.45, 2.75) is 6.42 Å². The highest BCUT2D eigenvalue weighted by Crippen LogP contribution is 2.53. The van der Waals surface area contributed by atoms with Crippen molar-refractivity contribution in [1.82, 2.24) is 0 Å². The number of carboxylic acid groups (broad SMARTS) is 1. The third-order valence-corrected chi connectivity index (χ3v) is 6.24. The van der Waals surface area contributed by atoms with E-state index in [-0.39, 0.29) is 47.0 Å². The molecule has 2 aromatic rings.